The quantitative estimate of drug-likeness (QED) is 0.332. The summed E-state index contributed by atoms with van der Waals surface area (Å²) in [6, 6.07) is 32.8. The Bertz CT molecular complexity index is 1570. The van der Waals surface area contributed by atoms with Gasteiger partial charge in [-0.1, -0.05) is 78.9 Å². The molecule has 6 aromatic rings. The monoisotopic (exact) mass is 387 g/mol. The highest BCUT2D eigenvalue weighted by molar-refractivity contribution is 6.63. The summed E-state index contributed by atoms with van der Waals surface area (Å²) in [6.07, 6.45) is 0. The van der Waals surface area contributed by atoms with Crippen molar-refractivity contribution < 1.29 is 10.0 Å². The molecule has 0 radical (unpaired) electrons. The lowest BCUT2D eigenvalue weighted by molar-refractivity contribution is 0.426. The molecule has 0 unspecified atom stereocenters. The van der Waals surface area contributed by atoms with E-state index in [1.54, 1.807) is 6.07 Å². The average Bonchev–Trinajstić information content (AvgIpc) is 3.15. The van der Waals surface area contributed by atoms with Crippen LogP contribution in [0.3, 0.4) is 0 Å². The topological polar surface area (TPSA) is 45.4 Å². The molecule has 2 N–H and O–H groups in total. The maximum Gasteiger partial charge on any atom is 0.489 e. The van der Waals surface area contributed by atoms with Gasteiger partial charge in [0.2, 0.25) is 0 Å². The van der Waals surface area contributed by atoms with Crippen molar-refractivity contribution >= 4 is 55.9 Å². The number of aromatic nitrogens is 1. The molecule has 0 spiro atoms. The molecule has 0 aliphatic heterocycles. The lowest BCUT2D eigenvalue weighted by Crippen LogP contribution is -2.30. The minimum absolute atomic E-state index is 0.521. The number of benzene rings is 5. The van der Waals surface area contributed by atoms with Gasteiger partial charge < -0.3 is 14.6 Å². The minimum atomic E-state index is -1.55. The van der Waals surface area contributed by atoms with E-state index in [-0.39, 0.29) is 0 Å². The van der Waals surface area contributed by atoms with Gasteiger partial charge in [-0.25, -0.2) is 0 Å². The summed E-state index contributed by atoms with van der Waals surface area (Å²) in [7, 11) is -1.55. The number of hydrogen-bond donors (Lipinski definition) is 2. The average molecular weight is 387 g/mol. The van der Waals surface area contributed by atoms with Crippen LogP contribution in [0.4, 0.5) is 0 Å². The molecule has 5 aromatic carbocycles. The van der Waals surface area contributed by atoms with E-state index in [9.17, 15) is 10.0 Å². The molecule has 1 heterocycles. The number of hydrogen-bond acceptors (Lipinski definition) is 2. The van der Waals surface area contributed by atoms with Gasteiger partial charge >= 0.3 is 7.12 Å². The van der Waals surface area contributed by atoms with Crippen LogP contribution in [0, 0.1) is 0 Å². The zero-order valence-electron chi connectivity index (χ0n) is 16.2. The molecule has 0 amide bonds. The molecule has 1 aromatic heterocycles. The Morgan fingerprint density at radius 1 is 0.533 bits per heavy atom. The largest absolute Gasteiger partial charge is 0.489 e. The zero-order chi connectivity index (χ0) is 20.2. The van der Waals surface area contributed by atoms with Crippen molar-refractivity contribution in [2.24, 2.45) is 0 Å². The van der Waals surface area contributed by atoms with Gasteiger partial charge in [0.1, 0.15) is 0 Å². The van der Waals surface area contributed by atoms with E-state index in [1.165, 1.54) is 5.39 Å². The Labute approximate surface area is 173 Å². The first-order chi connectivity index (χ1) is 14.8. The molecule has 0 atom stereocenters. The van der Waals surface area contributed by atoms with Crippen LogP contribution in [0.15, 0.2) is 97.1 Å². The first-order valence-electron chi connectivity index (χ1n) is 10.0. The van der Waals surface area contributed by atoms with Crippen LogP contribution in [0.1, 0.15) is 0 Å². The van der Waals surface area contributed by atoms with Crippen molar-refractivity contribution in [3.05, 3.63) is 97.1 Å². The predicted octanol–water partition coefficient (Wildman–Crippen LogP) is 4.77. The Morgan fingerprint density at radius 2 is 1.13 bits per heavy atom. The zero-order valence-corrected chi connectivity index (χ0v) is 16.2. The van der Waals surface area contributed by atoms with Crippen LogP contribution in [-0.4, -0.2) is 21.7 Å². The molecule has 0 bridgehead atoms. The van der Waals surface area contributed by atoms with Crippen LogP contribution >= 0.6 is 0 Å². The van der Waals surface area contributed by atoms with Gasteiger partial charge in [0.05, 0.1) is 11.0 Å². The molecular formula is C26H18BNO2. The highest BCUT2D eigenvalue weighted by Crippen LogP contribution is 2.41. The van der Waals surface area contributed by atoms with Crippen LogP contribution in [0.5, 0.6) is 0 Å². The summed E-state index contributed by atoms with van der Waals surface area (Å²) in [4.78, 5) is 0. The lowest BCUT2D eigenvalue weighted by atomic mass is 9.77. The van der Waals surface area contributed by atoms with Crippen molar-refractivity contribution in [1.29, 1.82) is 0 Å². The molecule has 3 nitrogen and oxygen atoms in total. The Morgan fingerprint density at radius 3 is 1.83 bits per heavy atom. The molecule has 0 aliphatic rings. The third kappa shape index (κ3) is 2.29. The summed E-state index contributed by atoms with van der Waals surface area (Å²) in [5, 5.41) is 26.9. The standard InChI is InChI=1S/C26H18BNO2/c29-27(30)22-15-8-16-23-25(22)24-20-13-6-4-11-18(20)19-12-5-7-14-21(19)26(24)28(23)17-9-2-1-3-10-17/h1-16,29-30H. The summed E-state index contributed by atoms with van der Waals surface area (Å²) < 4.78 is 2.24. The maximum atomic E-state index is 10.2. The van der Waals surface area contributed by atoms with Crippen LogP contribution in [0.25, 0.3) is 49.0 Å². The van der Waals surface area contributed by atoms with Gasteiger partial charge in [-0.05, 0) is 39.8 Å². The van der Waals surface area contributed by atoms with Crippen molar-refractivity contribution in [1.82, 2.24) is 4.57 Å². The van der Waals surface area contributed by atoms with Crippen LogP contribution < -0.4 is 5.46 Å². The van der Waals surface area contributed by atoms with Gasteiger partial charge in [0.25, 0.3) is 0 Å². The minimum Gasteiger partial charge on any atom is -0.423 e. The van der Waals surface area contributed by atoms with E-state index >= 15 is 0 Å². The Hall–Kier alpha value is -3.60. The van der Waals surface area contributed by atoms with Crippen molar-refractivity contribution in [3.8, 4) is 5.69 Å². The third-order valence-corrected chi connectivity index (χ3v) is 5.99. The molecule has 0 saturated heterocycles. The third-order valence-electron chi connectivity index (χ3n) is 5.99. The number of fused-ring (bicyclic) bond motifs is 8. The number of nitrogens with zero attached hydrogens (tertiary/aromatic N) is 1. The first kappa shape index (κ1) is 17.3. The Balaban J connectivity index is 2.02. The van der Waals surface area contributed by atoms with E-state index < -0.39 is 7.12 Å². The second kappa shape index (κ2) is 6.46. The second-order valence-electron chi connectivity index (χ2n) is 7.60. The predicted molar refractivity (Wildman–Crippen MR) is 126 cm³/mol. The van der Waals surface area contributed by atoms with E-state index in [1.807, 2.05) is 30.3 Å². The fraction of sp³-hybridized carbons (Fsp3) is 0. The summed E-state index contributed by atoms with van der Waals surface area (Å²) >= 11 is 0. The van der Waals surface area contributed by atoms with E-state index in [2.05, 4.69) is 65.2 Å². The molecule has 0 fully saturated rings. The van der Waals surface area contributed by atoms with Crippen molar-refractivity contribution in [2.75, 3.05) is 0 Å². The van der Waals surface area contributed by atoms with Crippen molar-refractivity contribution in [2.45, 2.75) is 0 Å². The number of para-hydroxylation sites is 1. The Kier molecular flexibility index (Phi) is 3.72. The van der Waals surface area contributed by atoms with Crippen LogP contribution in [0.2, 0.25) is 0 Å². The molecule has 4 heteroatoms. The summed E-state index contributed by atoms with van der Waals surface area (Å²) in [5.74, 6) is 0. The number of rotatable bonds is 2. The normalized spacial score (nSPS) is 11.7. The van der Waals surface area contributed by atoms with E-state index in [0.29, 0.717) is 5.46 Å². The first-order valence-corrected chi connectivity index (χ1v) is 10.0. The fourth-order valence-electron chi connectivity index (χ4n) is 4.81. The van der Waals surface area contributed by atoms with Crippen molar-refractivity contribution in [3.63, 3.8) is 0 Å². The smallest absolute Gasteiger partial charge is 0.423 e. The second-order valence-corrected chi connectivity index (χ2v) is 7.60. The van der Waals surface area contributed by atoms with E-state index in [4.69, 9.17) is 0 Å². The van der Waals surface area contributed by atoms with Gasteiger partial charge in [-0.2, -0.15) is 0 Å². The molecule has 6 rings (SSSR count). The maximum absolute atomic E-state index is 10.2. The summed E-state index contributed by atoms with van der Waals surface area (Å²) in [5.41, 5.74) is 3.61. The molecule has 30 heavy (non-hydrogen) atoms. The van der Waals surface area contributed by atoms with E-state index in [0.717, 1.165) is 43.7 Å². The molecule has 0 aliphatic carbocycles. The fourth-order valence-corrected chi connectivity index (χ4v) is 4.81. The highest BCUT2D eigenvalue weighted by Gasteiger charge is 2.24. The van der Waals surface area contributed by atoms with Gasteiger partial charge in [0, 0.05) is 21.8 Å². The van der Waals surface area contributed by atoms with Crippen LogP contribution in [-0.2, 0) is 0 Å². The lowest BCUT2D eigenvalue weighted by Gasteiger charge is -2.12. The highest BCUT2D eigenvalue weighted by atomic mass is 16.4. The molecular weight excluding hydrogens is 369 g/mol. The molecule has 0 saturated carbocycles. The molecule has 142 valence electrons. The summed E-state index contributed by atoms with van der Waals surface area (Å²) in [6.45, 7) is 0. The van der Waals surface area contributed by atoms with Gasteiger partial charge in [-0.3, -0.25) is 0 Å². The SMILES string of the molecule is OB(O)c1cccc2c1c1c3ccccc3c3ccccc3c1n2-c1ccccc1. The van der Waals surface area contributed by atoms with Gasteiger partial charge in [0.15, 0.2) is 0 Å². The van der Waals surface area contributed by atoms with Gasteiger partial charge in [-0.15, -0.1) is 0 Å².